The highest BCUT2D eigenvalue weighted by Gasteiger charge is 2.26. The third-order valence-electron chi connectivity index (χ3n) is 4.68. The molecule has 1 atom stereocenters. The number of carbonyl (C=O) groups excluding carboxylic acids is 2. The van der Waals surface area contributed by atoms with E-state index in [1.54, 1.807) is 17.9 Å². The Hall–Kier alpha value is -1.98. The van der Waals surface area contributed by atoms with Gasteiger partial charge in [-0.1, -0.05) is 60.8 Å². The molecule has 0 saturated heterocycles. The first-order valence-corrected chi connectivity index (χ1v) is 11.3. The molecule has 1 unspecified atom stereocenters. The molecule has 29 heavy (non-hydrogen) atoms. The number of hydrogen-bond acceptors (Lipinski definition) is 3. The number of benzene rings is 2. The summed E-state index contributed by atoms with van der Waals surface area (Å²) in [6.45, 7) is 6.79. The molecule has 0 spiro atoms. The molecule has 0 aliphatic heterocycles. The quantitative estimate of drug-likeness (QED) is 0.421. The zero-order chi connectivity index (χ0) is 21.2. The maximum atomic E-state index is 13.1. The van der Waals surface area contributed by atoms with Crippen molar-refractivity contribution in [1.82, 2.24) is 10.2 Å². The molecule has 0 aliphatic rings. The number of amides is 2. The van der Waals surface area contributed by atoms with Crippen molar-refractivity contribution < 1.29 is 9.59 Å². The molecule has 0 bridgehead atoms. The number of thioether (sulfide) groups is 1. The molecule has 2 amide bonds. The van der Waals surface area contributed by atoms with E-state index in [4.69, 9.17) is 11.6 Å². The van der Waals surface area contributed by atoms with Gasteiger partial charge in [-0.05, 0) is 44.0 Å². The summed E-state index contributed by atoms with van der Waals surface area (Å²) in [5.74, 6) is 0.0351. The van der Waals surface area contributed by atoms with E-state index in [-0.39, 0.29) is 17.6 Å². The number of nitrogens with zero attached hydrogens (tertiary/aromatic N) is 1. The van der Waals surface area contributed by atoms with Gasteiger partial charge in [0.25, 0.3) is 0 Å². The predicted octanol–water partition coefficient (Wildman–Crippen LogP) is 5.07. The Morgan fingerprint density at radius 1 is 1.14 bits per heavy atom. The number of unbranched alkanes of at least 4 members (excludes halogenated alkanes) is 1. The van der Waals surface area contributed by atoms with Crippen molar-refractivity contribution in [3.05, 3.63) is 64.7 Å². The topological polar surface area (TPSA) is 49.4 Å². The zero-order valence-corrected chi connectivity index (χ0v) is 18.9. The van der Waals surface area contributed by atoms with Gasteiger partial charge in [-0.15, -0.1) is 11.8 Å². The van der Waals surface area contributed by atoms with Gasteiger partial charge in [-0.3, -0.25) is 9.59 Å². The summed E-state index contributed by atoms with van der Waals surface area (Å²) >= 11 is 7.78. The number of hydrogen-bond donors (Lipinski definition) is 1. The molecular weight excluding hydrogens is 404 g/mol. The Bertz CT molecular complexity index is 811. The smallest absolute Gasteiger partial charge is 0.242 e. The van der Waals surface area contributed by atoms with Crippen molar-refractivity contribution in [2.24, 2.45) is 0 Å². The minimum absolute atomic E-state index is 0.0892. The third-order valence-corrected chi connectivity index (χ3v) is 6.04. The van der Waals surface area contributed by atoms with Gasteiger partial charge < -0.3 is 10.2 Å². The first kappa shape index (κ1) is 23.3. The second-order valence-corrected chi connectivity index (χ2v) is 8.49. The van der Waals surface area contributed by atoms with Crippen molar-refractivity contribution in [3.8, 4) is 0 Å². The molecule has 2 aromatic rings. The second-order valence-electron chi connectivity index (χ2n) is 7.04. The summed E-state index contributed by atoms with van der Waals surface area (Å²) in [6.07, 6.45) is 1.92. The Balaban J connectivity index is 2.11. The molecule has 0 fully saturated rings. The second kappa shape index (κ2) is 11.9. The van der Waals surface area contributed by atoms with Crippen LogP contribution in [0.2, 0.25) is 5.02 Å². The fourth-order valence-electron chi connectivity index (χ4n) is 2.79. The van der Waals surface area contributed by atoms with Crippen LogP contribution in [0.5, 0.6) is 0 Å². The highest BCUT2D eigenvalue weighted by molar-refractivity contribution is 8.00. The Morgan fingerprint density at radius 3 is 2.48 bits per heavy atom. The van der Waals surface area contributed by atoms with Crippen LogP contribution in [0, 0.1) is 6.92 Å². The van der Waals surface area contributed by atoms with Crippen molar-refractivity contribution in [2.75, 3.05) is 12.3 Å². The lowest BCUT2D eigenvalue weighted by Crippen LogP contribution is -2.48. The molecule has 0 aromatic heterocycles. The van der Waals surface area contributed by atoms with Gasteiger partial charge in [0.1, 0.15) is 6.04 Å². The average Bonchev–Trinajstić information content (AvgIpc) is 2.72. The Morgan fingerprint density at radius 2 is 1.83 bits per heavy atom. The van der Waals surface area contributed by atoms with Gasteiger partial charge >= 0.3 is 0 Å². The zero-order valence-electron chi connectivity index (χ0n) is 17.3. The number of carbonyl (C=O) groups is 2. The van der Waals surface area contributed by atoms with E-state index in [0.717, 1.165) is 23.3 Å². The molecule has 6 heteroatoms. The maximum absolute atomic E-state index is 13.1. The summed E-state index contributed by atoms with van der Waals surface area (Å²) in [7, 11) is 0. The normalized spacial score (nSPS) is 11.7. The van der Waals surface area contributed by atoms with Crippen LogP contribution in [0.15, 0.2) is 53.4 Å². The number of nitrogens with one attached hydrogen (secondary N) is 1. The molecular formula is C23H29ClN2O2S. The predicted molar refractivity (Wildman–Crippen MR) is 121 cm³/mol. The largest absolute Gasteiger partial charge is 0.354 e. The molecule has 0 saturated carbocycles. The molecule has 156 valence electrons. The van der Waals surface area contributed by atoms with Crippen LogP contribution in [0.4, 0.5) is 0 Å². The first-order valence-electron chi connectivity index (χ1n) is 9.92. The standard InChI is InChI=1S/C23H29ClN2O2S/c1-4-5-14-25-23(28)18(3)26(15-19-8-6-7-9-21(19)24)22(27)16-29-20-12-10-17(2)11-13-20/h6-13,18H,4-5,14-16H2,1-3H3,(H,25,28). The number of aryl methyl sites for hydroxylation is 1. The highest BCUT2D eigenvalue weighted by Crippen LogP contribution is 2.22. The van der Waals surface area contributed by atoms with Gasteiger partial charge in [0.2, 0.25) is 11.8 Å². The lowest BCUT2D eigenvalue weighted by atomic mass is 10.1. The van der Waals surface area contributed by atoms with Crippen LogP contribution in [0.3, 0.4) is 0 Å². The van der Waals surface area contributed by atoms with E-state index in [9.17, 15) is 9.59 Å². The van der Waals surface area contributed by atoms with Crippen molar-refractivity contribution >= 4 is 35.2 Å². The third kappa shape index (κ3) is 7.41. The van der Waals surface area contributed by atoms with Crippen LogP contribution in [0.1, 0.15) is 37.8 Å². The summed E-state index contributed by atoms with van der Waals surface area (Å²) in [6, 6.07) is 14.9. The number of halogens is 1. The number of rotatable bonds is 10. The van der Waals surface area contributed by atoms with Crippen molar-refractivity contribution in [3.63, 3.8) is 0 Å². The van der Waals surface area contributed by atoms with E-state index in [1.807, 2.05) is 49.4 Å². The average molecular weight is 433 g/mol. The Kier molecular flexibility index (Phi) is 9.55. The van der Waals surface area contributed by atoms with Crippen LogP contribution >= 0.6 is 23.4 Å². The van der Waals surface area contributed by atoms with Crippen LogP contribution in [-0.4, -0.2) is 35.1 Å². The van der Waals surface area contributed by atoms with Gasteiger partial charge in [-0.2, -0.15) is 0 Å². The molecule has 0 aliphatic carbocycles. The summed E-state index contributed by atoms with van der Waals surface area (Å²) in [5.41, 5.74) is 2.01. The lowest BCUT2D eigenvalue weighted by molar-refractivity contribution is -0.138. The van der Waals surface area contributed by atoms with E-state index in [2.05, 4.69) is 12.2 Å². The Labute approximate surface area is 183 Å². The highest BCUT2D eigenvalue weighted by atomic mass is 35.5. The van der Waals surface area contributed by atoms with Crippen LogP contribution < -0.4 is 5.32 Å². The molecule has 0 heterocycles. The van der Waals surface area contributed by atoms with Crippen LogP contribution in [-0.2, 0) is 16.1 Å². The first-order chi connectivity index (χ1) is 13.9. The molecule has 2 rings (SSSR count). The van der Waals surface area contributed by atoms with Gasteiger partial charge in [0.05, 0.1) is 5.75 Å². The van der Waals surface area contributed by atoms with Crippen molar-refractivity contribution in [2.45, 2.75) is 51.1 Å². The minimum atomic E-state index is -0.575. The van der Waals surface area contributed by atoms with E-state index in [0.29, 0.717) is 18.1 Å². The lowest BCUT2D eigenvalue weighted by Gasteiger charge is -2.29. The summed E-state index contributed by atoms with van der Waals surface area (Å²) in [5, 5.41) is 3.52. The summed E-state index contributed by atoms with van der Waals surface area (Å²) in [4.78, 5) is 28.3. The molecule has 4 nitrogen and oxygen atoms in total. The minimum Gasteiger partial charge on any atom is -0.354 e. The SMILES string of the molecule is CCCCNC(=O)C(C)N(Cc1ccccc1Cl)C(=O)CSc1ccc(C)cc1. The fourth-order valence-corrected chi connectivity index (χ4v) is 3.77. The monoisotopic (exact) mass is 432 g/mol. The fraction of sp³-hybridized carbons (Fsp3) is 0.391. The summed E-state index contributed by atoms with van der Waals surface area (Å²) < 4.78 is 0. The molecule has 1 N–H and O–H groups in total. The van der Waals surface area contributed by atoms with Crippen molar-refractivity contribution in [1.29, 1.82) is 0 Å². The molecule has 2 aromatic carbocycles. The maximum Gasteiger partial charge on any atom is 0.242 e. The van der Waals surface area contributed by atoms with Gasteiger partial charge in [0.15, 0.2) is 0 Å². The van der Waals surface area contributed by atoms with E-state index in [1.165, 1.54) is 17.3 Å². The van der Waals surface area contributed by atoms with Gasteiger partial charge in [0, 0.05) is 23.0 Å². The van der Waals surface area contributed by atoms with E-state index < -0.39 is 6.04 Å². The van der Waals surface area contributed by atoms with Gasteiger partial charge in [-0.25, -0.2) is 0 Å². The van der Waals surface area contributed by atoms with E-state index >= 15 is 0 Å². The van der Waals surface area contributed by atoms with Crippen LogP contribution in [0.25, 0.3) is 0 Å². The molecule has 0 radical (unpaired) electrons.